The smallest absolute Gasteiger partial charge is 0.269 e. The Morgan fingerprint density at radius 2 is 2.08 bits per heavy atom. The highest BCUT2D eigenvalue weighted by atomic mass is 32.1. The predicted octanol–water partition coefficient (Wildman–Crippen LogP) is 5.05. The molecule has 0 spiro atoms. The molecule has 25 heavy (non-hydrogen) atoms. The maximum atomic E-state index is 12.6. The van der Waals surface area contributed by atoms with Gasteiger partial charge in [-0.2, -0.15) is 11.3 Å². The highest BCUT2D eigenvalue weighted by Gasteiger charge is 2.18. The maximum absolute atomic E-state index is 12.6. The number of benzene rings is 1. The number of nitrogens with zero attached hydrogens (tertiary/aromatic N) is 2. The Morgan fingerprint density at radius 1 is 1.20 bits per heavy atom. The molecular weight excluding hydrogens is 374 g/mol. The number of methoxy groups -OCH3 is 1. The largest absolute Gasteiger partial charge is 0.494 e. The summed E-state index contributed by atoms with van der Waals surface area (Å²) in [6, 6.07) is 7.72. The summed E-state index contributed by atoms with van der Waals surface area (Å²) in [5, 5.41) is 8.32. The molecule has 0 unspecified atom stereocenters. The van der Waals surface area contributed by atoms with Crippen molar-refractivity contribution in [2.75, 3.05) is 12.4 Å². The lowest BCUT2D eigenvalue weighted by Crippen LogP contribution is -2.11. The summed E-state index contributed by atoms with van der Waals surface area (Å²) in [6.07, 6.45) is 0. The van der Waals surface area contributed by atoms with Gasteiger partial charge >= 0.3 is 0 Å². The zero-order valence-corrected chi connectivity index (χ0v) is 15.8. The second-order valence-electron chi connectivity index (χ2n) is 5.23. The van der Waals surface area contributed by atoms with E-state index in [0.717, 1.165) is 26.5 Å². The normalized spacial score (nSPS) is 11.0. The van der Waals surface area contributed by atoms with Crippen LogP contribution in [0.5, 0.6) is 5.75 Å². The Bertz CT molecular complexity index is 1050. The first-order chi connectivity index (χ1) is 12.2. The minimum atomic E-state index is -0.186. The Hall–Kier alpha value is -2.29. The lowest BCUT2D eigenvalue weighted by atomic mass is 10.3. The van der Waals surface area contributed by atoms with Crippen LogP contribution in [-0.2, 0) is 0 Å². The SMILES string of the molecule is COc1cccc2sc(NC(=O)c3sc(-c4ccsc4)nc3C)nc12. The summed E-state index contributed by atoms with van der Waals surface area (Å²) in [5.41, 5.74) is 2.52. The molecule has 0 saturated heterocycles. The molecule has 0 atom stereocenters. The quantitative estimate of drug-likeness (QED) is 0.532. The molecule has 0 bridgehead atoms. The maximum Gasteiger partial charge on any atom is 0.269 e. The number of aryl methyl sites for hydroxylation is 1. The van der Waals surface area contributed by atoms with E-state index in [0.29, 0.717) is 15.8 Å². The number of aromatic nitrogens is 2. The Kier molecular flexibility index (Phi) is 4.24. The van der Waals surface area contributed by atoms with Crippen LogP contribution in [-0.4, -0.2) is 23.0 Å². The van der Waals surface area contributed by atoms with Gasteiger partial charge in [-0.25, -0.2) is 9.97 Å². The number of thiophene rings is 1. The van der Waals surface area contributed by atoms with Gasteiger partial charge in [0, 0.05) is 10.9 Å². The number of anilines is 1. The van der Waals surface area contributed by atoms with Crippen LogP contribution < -0.4 is 10.1 Å². The molecule has 3 aromatic heterocycles. The number of thiazole rings is 2. The molecular formula is C17H13N3O2S3. The van der Waals surface area contributed by atoms with E-state index in [4.69, 9.17) is 4.74 Å². The van der Waals surface area contributed by atoms with Crippen LogP contribution >= 0.6 is 34.0 Å². The number of ether oxygens (including phenoxy) is 1. The summed E-state index contributed by atoms with van der Waals surface area (Å²) in [7, 11) is 1.61. The highest BCUT2D eigenvalue weighted by molar-refractivity contribution is 7.22. The first-order valence-electron chi connectivity index (χ1n) is 7.40. The van der Waals surface area contributed by atoms with Gasteiger partial charge < -0.3 is 4.74 Å². The molecule has 4 aromatic rings. The fourth-order valence-corrected chi connectivity index (χ4v) is 4.96. The monoisotopic (exact) mass is 387 g/mol. The molecule has 0 radical (unpaired) electrons. The number of nitrogens with one attached hydrogen (secondary N) is 1. The van der Waals surface area contributed by atoms with Gasteiger partial charge in [0.25, 0.3) is 5.91 Å². The lowest BCUT2D eigenvalue weighted by Gasteiger charge is -1.99. The van der Waals surface area contributed by atoms with E-state index in [9.17, 15) is 4.79 Å². The van der Waals surface area contributed by atoms with Gasteiger partial charge in [0.05, 0.1) is 17.5 Å². The van der Waals surface area contributed by atoms with Crippen molar-refractivity contribution in [2.45, 2.75) is 6.92 Å². The molecule has 0 aliphatic rings. The summed E-state index contributed by atoms with van der Waals surface area (Å²) in [5.74, 6) is 0.512. The number of hydrogen-bond donors (Lipinski definition) is 1. The second kappa shape index (κ2) is 6.55. The molecule has 0 saturated carbocycles. The number of amides is 1. The summed E-state index contributed by atoms with van der Waals surface area (Å²) < 4.78 is 6.29. The standard InChI is InChI=1S/C17H13N3O2S3/c1-9-14(25-16(18-9)10-6-7-23-8-10)15(21)20-17-19-13-11(22-2)4-3-5-12(13)24-17/h3-8H,1-2H3,(H,19,20,21). The summed E-state index contributed by atoms with van der Waals surface area (Å²) >= 11 is 4.43. The van der Waals surface area contributed by atoms with Crippen molar-refractivity contribution in [3.8, 4) is 16.3 Å². The van der Waals surface area contributed by atoms with Gasteiger partial charge in [-0.3, -0.25) is 10.1 Å². The van der Waals surface area contributed by atoms with Crippen molar-refractivity contribution in [1.29, 1.82) is 0 Å². The molecule has 4 rings (SSSR count). The Morgan fingerprint density at radius 3 is 2.84 bits per heavy atom. The van der Waals surface area contributed by atoms with E-state index in [1.807, 2.05) is 41.9 Å². The molecule has 5 nitrogen and oxygen atoms in total. The molecule has 8 heteroatoms. The molecule has 3 heterocycles. The van der Waals surface area contributed by atoms with Crippen molar-refractivity contribution >= 4 is 55.3 Å². The van der Waals surface area contributed by atoms with Gasteiger partial charge in [-0.05, 0) is 30.5 Å². The average Bonchev–Trinajstić information content (AvgIpc) is 3.32. The van der Waals surface area contributed by atoms with Crippen molar-refractivity contribution in [3.63, 3.8) is 0 Å². The van der Waals surface area contributed by atoms with Crippen LogP contribution in [0.25, 0.3) is 20.8 Å². The van der Waals surface area contributed by atoms with E-state index >= 15 is 0 Å². The molecule has 0 aliphatic carbocycles. The number of hydrogen-bond acceptors (Lipinski definition) is 7. The van der Waals surface area contributed by atoms with Gasteiger partial charge in [0.1, 0.15) is 21.2 Å². The van der Waals surface area contributed by atoms with Crippen LogP contribution in [0, 0.1) is 6.92 Å². The number of rotatable bonds is 4. The molecule has 0 aliphatic heterocycles. The van der Waals surface area contributed by atoms with Crippen molar-refractivity contribution in [2.24, 2.45) is 0 Å². The Labute approximate surface area is 156 Å². The van der Waals surface area contributed by atoms with Gasteiger partial charge in [0.2, 0.25) is 0 Å². The fraction of sp³-hybridized carbons (Fsp3) is 0.118. The van der Waals surface area contributed by atoms with Crippen LogP contribution in [0.1, 0.15) is 15.4 Å². The van der Waals surface area contributed by atoms with E-state index in [1.54, 1.807) is 18.4 Å². The predicted molar refractivity (Wildman–Crippen MR) is 104 cm³/mol. The number of carbonyl (C=O) groups excluding carboxylic acids is 1. The molecule has 126 valence electrons. The number of carbonyl (C=O) groups is 1. The van der Waals surface area contributed by atoms with Gasteiger partial charge in [-0.15, -0.1) is 11.3 Å². The minimum Gasteiger partial charge on any atom is -0.494 e. The minimum absolute atomic E-state index is 0.186. The second-order valence-corrected chi connectivity index (χ2v) is 8.04. The summed E-state index contributed by atoms with van der Waals surface area (Å²) in [4.78, 5) is 22.2. The lowest BCUT2D eigenvalue weighted by molar-refractivity contribution is 0.103. The highest BCUT2D eigenvalue weighted by Crippen LogP contribution is 2.33. The number of para-hydroxylation sites is 1. The zero-order valence-electron chi connectivity index (χ0n) is 13.4. The van der Waals surface area contributed by atoms with Crippen LogP contribution in [0.4, 0.5) is 5.13 Å². The molecule has 1 N–H and O–H groups in total. The third-order valence-electron chi connectivity index (χ3n) is 3.59. The fourth-order valence-electron chi connectivity index (χ4n) is 2.41. The summed E-state index contributed by atoms with van der Waals surface area (Å²) in [6.45, 7) is 1.85. The number of fused-ring (bicyclic) bond motifs is 1. The third-order valence-corrected chi connectivity index (χ3v) is 6.42. The van der Waals surface area contributed by atoms with Crippen LogP contribution in [0.3, 0.4) is 0 Å². The van der Waals surface area contributed by atoms with E-state index in [2.05, 4.69) is 15.3 Å². The van der Waals surface area contributed by atoms with E-state index < -0.39 is 0 Å². The molecule has 1 aromatic carbocycles. The molecule has 0 fully saturated rings. The molecule has 1 amide bonds. The first kappa shape index (κ1) is 16.2. The van der Waals surface area contributed by atoms with Crippen molar-refractivity contribution < 1.29 is 9.53 Å². The van der Waals surface area contributed by atoms with Crippen molar-refractivity contribution in [1.82, 2.24) is 9.97 Å². The van der Waals surface area contributed by atoms with Gasteiger partial charge in [0.15, 0.2) is 5.13 Å². The van der Waals surface area contributed by atoms with Gasteiger partial charge in [-0.1, -0.05) is 17.4 Å². The van der Waals surface area contributed by atoms with E-state index in [1.165, 1.54) is 22.7 Å². The third kappa shape index (κ3) is 3.04. The topological polar surface area (TPSA) is 64.1 Å². The average molecular weight is 388 g/mol. The first-order valence-corrected chi connectivity index (χ1v) is 9.98. The Balaban J connectivity index is 1.62. The van der Waals surface area contributed by atoms with Crippen molar-refractivity contribution in [3.05, 3.63) is 45.6 Å². The zero-order chi connectivity index (χ0) is 17.4. The van der Waals surface area contributed by atoms with E-state index in [-0.39, 0.29) is 5.91 Å². The van der Waals surface area contributed by atoms with Crippen LogP contribution in [0.2, 0.25) is 0 Å². The van der Waals surface area contributed by atoms with Crippen LogP contribution in [0.15, 0.2) is 35.0 Å².